The summed E-state index contributed by atoms with van der Waals surface area (Å²) < 4.78 is 49.2. The third-order valence-corrected chi connectivity index (χ3v) is 4.46. The Balaban J connectivity index is 0.00000243. The molecule has 2 fully saturated rings. The van der Waals surface area contributed by atoms with Gasteiger partial charge in [-0.3, -0.25) is 0 Å². The molecule has 2 aliphatic rings. The summed E-state index contributed by atoms with van der Waals surface area (Å²) in [7, 11) is 0. The summed E-state index contributed by atoms with van der Waals surface area (Å²) in [6.07, 6.45) is 3.47. The molecule has 0 aromatic heterocycles. The molecule has 0 radical (unpaired) electrons. The number of hydrogen-bond donors (Lipinski definition) is 2. The Hall–Kier alpha value is -1.23. The van der Waals surface area contributed by atoms with E-state index >= 15 is 0 Å². The minimum atomic E-state index is -3.01. The van der Waals surface area contributed by atoms with Gasteiger partial charge in [-0.25, -0.2) is 9.38 Å². The van der Waals surface area contributed by atoms with Gasteiger partial charge in [0.25, 0.3) is 0 Å². The van der Waals surface area contributed by atoms with Crippen LogP contribution in [0.3, 0.4) is 0 Å². The number of alkyl halides is 2. The molecule has 26 heavy (non-hydrogen) atoms. The van der Waals surface area contributed by atoms with Crippen LogP contribution in [0.1, 0.15) is 31.7 Å². The Morgan fingerprint density at radius 1 is 1.38 bits per heavy atom. The summed E-state index contributed by atoms with van der Waals surface area (Å²) in [6.45, 7) is -0.568. The van der Waals surface area contributed by atoms with Gasteiger partial charge < -0.3 is 20.1 Å². The van der Waals surface area contributed by atoms with E-state index in [1.54, 1.807) is 0 Å². The van der Waals surface area contributed by atoms with Crippen molar-refractivity contribution in [1.29, 1.82) is 0 Å². The van der Waals surface area contributed by atoms with E-state index in [0.717, 1.165) is 19.3 Å². The maximum absolute atomic E-state index is 14.0. The zero-order valence-electron chi connectivity index (χ0n) is 14.4. The van der Waals surface area contributed by atoms with Crippen LogP contribution in [-0.4, -0.2) is 37.4 Å². The van der Waals surface area contributed by atoms with E-state index in [9.17, 15) is 13.2 Å². The first-order chi connectivity index (χ1) is 12.1. The van der Waals surface area contributed by atoms with Crippen LogP contribution in [0.5, 0.6) is 5.75 Å². The third kappa shape index (κ3) is 5.15. The van der Waals surface area contributed by atoms with Gasteiger partial charge >= 0.3 is 6.61 Å². The van der Waals surface area contributed by atoms with E-state index < -0.39 is 12.4 Å². The van der Waals surface area contributed by atoms with Gasteiger partial charge in [-0.2, -0.15) is 8.78 Å². The van der Waals surface area contributed by atoms with Crippen molar-refractivity contribution in [2.45, 2.75) is 57.6 Å². The molecule has 0 saturated carbocycles. The molecule has 2 aliphatic heterocycles. The molecule has 1 aromatic rings. The molecule has 0 aliphatic carbocycles. The predicted octanol–water partition coefficient (Wildman–Crippen LogP) is 3.42. The van der Waals surface area contributed by atoms with E-state index in [-0.39, 0.29) is 54.0 Å². The highest BCUT2D eigenvalue weighted by Gasteiger charge is 2.41. The summed E-state index contributed by atoms with van der Waals surface area (Å²) >= 11 is 0. The first-order valence-corrected chi connectivity index (χ1v) is 8.49. The molecule has 146 valence electrons. The van der Waals surface area contributed by atoms with Crippen molar-refractivity contribution >= 4 is 29.9 Å². The topological polar surface area (TPSA) is 54.9 Å². The lowest BCUT2D eigenvalue weighted by Crippen LogP contribution is -2.47. The zero-order chi connectivity index (χ0) is 17.8. The Bertz CT molecular complexity index is 633. The van der Waals surface area contributed by atoms with Gasteiger partial charge in [0.1, 0.15) is 11.6 Å². The number of guanidine groups is 1. The summed E-state index contributed by atoms with van der Waals surface area (Å²) in [4.78, 5) is 4.33. The maximum Gasteiger partial charge on any atom is 0.387 e. The van der Waals surface area contributed by atoms with Gasteiger partial charge in [0.2, 0.25) is 0 Å². The molecule has 2 saturated heterocycles. The molecular weight excluding hydrogens is 462 g/mol. The normalized spacial score (nSPS) is 24.5. The Labute approximate surface area is 167 Å². The van der Waals surface area contributed by atoms with Crippen LogP contribution in [0, 0.1) is 5.82 Å². The number of aliphatic imine (C=N–C) groups is 1. The minimum Gasteiger partial charge on any atom is -0.434 e. The quantitative estimate of drug-likeness (QED) is 0.369. The molecule has 3 atom stereocenters. The summed E-state index contributed by atoms with van der Waals surface area (Å²) in [5.41, 5.74) is 0.00388. The first kappa shape index (κ1) is 21.1. The maximum atomic E-state index is 14.0. The van der Waals surface area contributed by atoms with Gasteiger partial charge in [0, 0.05) is 6.54 Å². The average molecular weight is 485 g/mol. The van der Waals surface area contributed by atoms with Crippen LogP contribution in [-0.2, 0) is 11.3 Å². The predicted molar refractivity (Wildman–Crippen MR) is 103 cm³/mol. The molecule has 3 rings (SSSR count). The van der Waals surface area contributed by atoms with Crippen LogP contribution in [0.2, 0.25) is 0 Å². The molecule has 2 N–H and O–H groups in total. The lowest BCUT2D eigenvalue weighted by molar-refractivity contribution is -0.0506. The van der Waals surface area contributed by atoms with Crippen LogP contribution in [0.25, 0.3) is 0 Å². The van der Waals surface area contributed by atoms with Crippen molar-refractivity contribution in [1.82, 2.24) is 10.6 Å². The lowest BCUT2D eigenvalue weighted by Gasteiger charge is -2.22. The van der Waals surface area contributed by atoms with Gasteiger partial charge in [-0.15, -0.1) is 24.0 Å². The number of rotatable bonds is 6. The van der Waals surface area contributed by atoms with E-state index in [0.29, 0.717) is 18.6 Å². The van der Waals surface area contributed by atoms with Crippen molar-refractivity contribution in [3.8, 4) is 5.75 Å². The summed E-state index contributed by atoms with van der Waals surface area (Å²) in [5.74, 6) is -0.311. The molecule has 2 bridgehead atoms. The number of benzene rings is 1. The number of nitrogens with zero attached hydrogens (tertiary/aromatic N) is 1. The lowest BCUT2D eigenvalue weighted by atomic mass is 9.96. The van der Waals surface area contributed by atoms with Crippen LogP contribution in [0.4, 0.5) is 13.2 Å². The molecule has 9 heteroatoms. The van der Waals surface area contributed by atoms with E-state index in [2.05, 4.69) is 20.4 Å². The fourth-order valence-corrected chi connectivity index (χ4v) is 3.34. The number of nitrogens with one attached hydrogen (secondary N) is 2. The summed E-state index contributed by atoms with van der Waals surface area (Å²) in [6, 6.07) is 4.00. The minimum absolute atomic E-state index is 0. The van der Waals surface area contributed by atoms with Crippen molar-refractivity contribution < 1.29 is 22.6 Å². The standard InChI is InChI=1S/C17H22F3N3O2.HI/c1-2-21-17(23-13-8-10-6-7-15(13)24-10)22-9-11-12(18)4-3-5-14(11)25-16(19)20;/h3-5,10,13,15-16H,2,6-9H2,1H3,(H2,21,22,23);1H. The Morgan fingerprint density at radius 2 is 2.19 bits per heavy atom. The second kappa shape index (κ2) is 9.63. The van der Waals surface area contributed by atoms with Crippen molar-refractivity contribution in [2.24, 2.45) is 4.99 Å². The van der Waals surface area contributed by atoms with Gasteiger partial charge in [-0.1, -0.05) is 6.07 Å². The fraction of sp³-hybridized carbons (Fsp3) is 0.588. The first-order valence-electron chi connectivity index (χ1n) is 8.49. The largest absolute Gasteiger partial charge is 0.434 e. The SMILES string of the molecule is CCNC(=NCc1c(F)cccc1OC(F)F)NC1CC2CCC1O2.I. The highest BCUT2D eigenvalue weighted by atomic mass is 127. The smallest absolute Gasteiger partial charge is 0.387 e. The van der Waals surface area contributed by atoms with Gasteiger partial charge in [0.05, 0.1) is 30.4 Å². The second-order valence-corrected chi connectivity index (χ2v) is 6.15. The van der Waals surface area contributed by atoms with E-state index in [4.69, 9.17) is 4.74 Å². The zero-order valence-corrected chi connectivity index (χ0v) is 16.7. The van der Waals surface area contributed by atoms with Crippen LogP contribution >= 0.6 is 24.0 Å². The third-order valence-electron chi connectivity index (χ3n) is 4.46. The monoisotopic (exact) mass is 485 g/mol. The van der Waals surface area contributed by atoms with Gasteiger partial charge in [0.15, 0.2) is 5.96 Å². The molecule has 0 amide bonds. The van der Waals surface area contributed by atoms with Crippen LogP contribution < -0.4 is 15.4 Å². The molecule has 2 heterocycles. The number of hydrogen-bond acceptors (Lipinski definition) is 3. The Kier molecular flexibility index (Phi) is 7.81. The highest BCUT2D eigenvalue weighted by molar-refractivity contribution is 14.0. The van der Waals surface area contributed by atoms with Crippen molar-refractivity contribution in [2.75, 3.05) is 6.54 Å². The molecule has 5 nitrogen and oxygen atoms in total. The van der Waals surface area contributed by atoms with Crippen molar-refractivity contribution in [3.05, 3.63) is 29.6 Å². The Morgan fingerprint density at radius 3 is 2.81 bits per heavy atom. The van der Waals surface area contributed by atoms with Crippen LogP contribution in [0.15, 0.2) is 23.2 Å². The highest BCUT2D eigenvalue weighted by Crippen LogP contribution is 2.34. The van der Waals surface area contributed by atoms with E-state index in [1.807, 2.05) is 6.92 Å². The molecule has 0 spiro atoms. The van der Waals surface area contributed by atoms with Gasteiger partial charge in [-0.05, 0) is 38.3 Å². The number of halogens is 4. The molecular formula is C17H23F3IN3O2. The number of fused-ring (bicyclic) bond motifs is 2. The average Bonchev–Trinajstić information content (AvgIpc) is 3.16. The molecule has 1 aromatic carbocycles. The molecule has 3 unspecified atom stereocenters. The van der Waals surface area contributed by atoms with E-state index in [1.165, 1.54) is 18.2 Å². The fourth-order valence-electron chi connectivity index (χ4n) is 3.34. The summed E-state index contributed by atoms with van der Waals surface area (Å²) in [5, 5.41) is 6.39. The van der Waals surface area contributed by atoms with Crippen molar-refractivity contribution in [3.63, 3.8) is 0 Å². The number of ether oxygens (including phenoxy) is 2. The second-order valence-electron chi connectivity index (χ2n) is 6.15.